The highest BCUT2D eigenvalue weighted by molar-refractivity contribution is 6.04. The zero-order valence-corrected chi connectivity index (χ0v) is 16.1. The van der Waals surface area contributed by atoms with Crippen molar-refractivity contribution in [2.24, 2.45) is 17.8 Å². The summed E-state index contributed by atoms with van der Waals surface area (Å²) in [6, 6.07) is 9.87. The molecule has 5 aliphatic rings. The maximum atomic E-state index is 12.7. The number of benzene rings is 1. The van der Waals surface area contributed by atoms with Crippen molar-refractivity contribution in [3.05, 3.63) is 41.8 Å². The predicted molar refractivity (Wildman–Crippen MR) is 107 cm³/mol. The lowest BCUT2D eigenvalue weighted by Gasteiger charge is -2.57. The molecule has 146 valence electrons. The van der Waals surface area contributed by atoms with Crippen LogP contribution in [0.2, 0.25) is 0 Å². The Morgan fingerprint density at radius 1 is 1.00 bits per heavy atom. The van der Waals surface area contributed by atoms with Crippen LogP contribution in [-0.2, 0) is 0 Å². The summed E-state index contributed by atoms with van der Waals surface area (Å²) in [5.74, 6) is 3.75. The Morgan fingerprint density at radius 2 is 1.64 bits per heavy atom. The molecule has 5 fully saturated rings. The second kappa shape index (κ2) is 6.10. The Kier molecular flexibility index (Phi) is 3.62. The summed E-state index contributed by atoms with van der Waals surface area (Å²) < 4.78 is 5.34. The third-order valence-corrected chi connectivity index (χ3v) is 7.35. The van der Waals surface area contributed by atoms with Crippen molar-refractivity contribution in [1.82, 2.24) is 5.16 Å². The van der Waals surface area contributed by atoms with Gasteiger partial charge in [0.25, 0.3) is 5.91 Å². The molecule has 4 bridgehead atoms. The molecule has 0 spiro atoms. The highest BCUT2D eigenvalue weighted by Crippen LogP contribution is 2.56. The molecule has 0 unspecified atom stereocenters. The largest absolute Gasteiger partial charge is 0.378 e. The van der Waals surface area contributed by atoms with Gasteiger partial charge in [-0.2, -0.15) is 0 Å². The minimum atomic E-state index is -0.199. The van der Waals surface area contributed by atoms with E-state index in [0.717, 1.165) is 47.7 Å². The zero-order valence-electron chi connectivity index (χ0n) is 16.1. The first-order chi connectivity index (χ1) is 13.7. The van der Waals surface area contributed by atoms with Crippen LogP contribution in [0.25, 0.3) is 0 Å². The van der Waals surface area contributed by atoms with Crippen LogP contribution >= 0.6 is 0 Å². The van der Waals surface area contributed by atoms with E-state index in [4.69, 9.17) is 4.52 Å². The summed E-state index contributed by atoms with van der Waals surface area (Å²) in [7, 11) is 0. The molecule has 5 saturated carbocycles. The fraction of sp³-hybridized carbons (Fsp3) is 0.565. The van der Waals surface area contributed by atoms with Gasteiger partial charge >= 0.3 is 0 Å². The molecular weight excluding hydrogens is 350 g/mol. The molecule has 5 heteroatoms. The van der Waals surface area contributed by atoms with E-state index in [2.05, 4.69) is 21.9 Å². The highest BCUT2D eigenvalue weighted by Gasteiger charge is 2.51. The van der Waals surface area contributed by atoms with E-state index in [-0.39, 0.29) is 11.4 Å². The SMILES string of the molecule is O=C(Nc1ccccc1NC12CC3CC(CC(C3)C1)C2)c1cc(C2CC2)on1. The fourth-order valence-electron chi connectivity index (χ4n) is 6.39. The van der Waals surface area contributed by atoms with Crippen LogP contribution in [0.1, 0.15) is 73.5 Å². The van der Waals surface area contributed by atoms with Gasteiger partial charge in [-0.1, -0.05) is 17.3 Å². The fourth-order valence-corrected chi connectivity index (χ4v) is 6.39. The van der Waals surface area contributed by atoms with E-state index in [9.17, 15) is 4.79 Å². The van der Waals surface area contributed by atoms with Crippen LogP contribution in [0.5, 0.6) is 0 Å². The van der Waals surface area contributed by atoms with Gasteiger partial charge in [0, 0.05) is 17.5 Å². The third-order valence-electron chi connectivity index (χ3n) is 7.35. The van der Waals surface area contributed by atoms with Crippen molar-refractivity contribution in [2.45, 2.75) is 62.8 Å². The molecule has 0 radical (unpaired) electrons. The minimum Gasteiger partial charge on any atom is -0.378 e. The molecule has 2 N–H and O–H groups in total. The number of aromatic nitrogens is 1. The Hall–Kier alpha value is -2.30. The predicted octanol–water partition coefficient (Wildman–Crippen LogP) is 5.19. The first-order valence-electron chi connectivity index (χ1n) is 10.8. The molecule has 5 nitrogen and oxygen atoms in total. The van der Waals surface area contributed by atoms with Gasteiger partial charge in [0.1, 0.15) is 5.76 Å². The lowest BCUT2D eigenvalue weighted by molar-refractivity contribution is 0.0107. The molecule has 2 aromatic rings. The second-order valence-corrected chi connectivity index (χ2v) is 9.71. The molecule has 1 aromatic carbocycles. The van der Waals surface area contributed by atoms with Crippen LogP contribution in [-0.4, -0.2) is 16.6 Å². The maximum absolute atomic E-state index is 12.7. The van der Waals surface area contributed by atoms with Gasteiger partial charge in [0.15, 0.2) is 5.69 Å². The van der Waals surface area contributed by atoms with Crippen molar-refractivity contribution in [1.29, 1.82) is 0 Å². The van der Waals surface area contributed by atoms with Gasteiger partial charge in [0.2, 0.25) is 0 Å². The van der Waals surface area contributed by atoms with Crippen molar-refractivity contribution in [3.8, 4) is 0 Å². The summed E-state index contributed by atoms with van der Waals surface area (Å²) in [6.07, 6.45) is 10.4. The number of carbonyl (C=O) groups excluding carboxylic acids is 1. The molecule has 1 heterocycles. The van der Waals surface area contributed by atoms with Gasteiger partial charge < -0.3 is 15.2 Å². The van der Waals surface area contributed by atoms with E-state index < -0.39 is 0 Å². The van der Waals surface area contributed by atoms with Crippen molar-refractivity contribution < 1.29 is 9.32 Å². The standard InChI is InChI=1S/C23H27N3O2/c27-22(20-10-21(28-26-20)17-5-6-17)24-18-3-1-2-4-19(18)25-23-11-14-7-15(12-23)9-16(8-14)13-23/h1-4,10,14-17,25H,5-9,11-13H2,(H,24,27). The zero-order chi connectivity index (χ0) is 18.7. The molecule has 5 aliphatic carbocycles. The highest BCUT2D eigenvalue weighted by atomic mass is 16.5. The van der Waals surface area contributed by atoms with Gasteiger partial charge in [-0.3, -0.25) is 4.79 Å². The summed E-state index contributed by atoms with van der Waals surface area (Å²) >= 11 is 0. The lowest BCUT2D eigenvalue weighted by Crippen LogP contribution is -2.54. The molecule has 7 rings (SSSR count). The summed E-state index contributed by atoms with van der Waals surface area (Å²) in [6.45, 7) is 0. The third kappa shape index (κ3) is 2.92. The Morgan fingerprint density at radius 3 is 2.29 bits per heavy atom. The molecule has 1 aromatic heterocycles. The second-order valence-electron chi connectivity index (χ2n) is 9.71. The van der Waals surface area contributed by atoms with Crippen LogP contribution in [0, 0.1) is 17.8 Å². The number of hydrogen-bond acceptors (Lipinski definition) is 4. The van der Waals surface area contributed by atoms with Crippen LogP contribution < -0.4 is 10.6 Å². The van der Waals surface area contributed by atoms with Crippen molar-refractivity contribution in [3.63, 3.8) is 0 Å². The number of amides is 1. The monoisotopic (exact) mass is 377 g/mol. The summed E-state index contributed by atoms with van der Waals surface area (Å²) in [4.78, 5) is 12.7. The average molecular weight is 377 g/mol. The van der Waals surface area contributed by atoms with Gasteiger partial charge in [-0.15, -0.1) is 0 Å². The van der Waals surface area contributed by atoms with Gasteiger partial charge in [-0.25, -0.2) is 0 Å². The minimum absolute atomic E-state index is 0.199. The smallest absolute Gasteiger partial charge is 0.277 e. The Balaban J connectivity index is 1.22. The van der Waals surface area contributed by atoms with E-state index in [0.29, 0.717) is 11.6 Å². The summed E-state index contributed by atoms with van der Waals surface area (Å²) in [5, 5.41) is 10.9. The molecule has 0 atom stereocenters. The number of para-hydroxylation sites is 2. The van der Waals surface area contributed by atoms with Crippen molar-refractivity contribution >= 4 is 17.3 Å². The topological polar surface area (TPSA) is 67.2 Å². The van der Waals surface area contributed by atoms with E-state index in [1.165, 1.54) is 38.5 Å². The number of nitrogens with one attached hydrogen (secondary N) is 2. The normalized spacial score (nSPS) is 33.1. The number of carbonyl (C=O) groups is 1. The van der Waals surface area contributed by atoms with E-state index in [1.54, 1.807) is 6.07 Å². The Labute approximate surface area is 165 Å². The maximum Gasteiger partial charge on any atom is 0.277 e. The molecule has 0 aliphatic heterocycles. The Bertz CT molecular complexity index is 879. The van der Waals surface area contributed by atoms with Crippen LogP contribution in [0.15, 0.2) is 34.9 Å². The first kappa shape index (κ1) is 16.6. The van der Waals surface area contributed by atoms with Gasteiger partial charge in [0.05, 0.1) is 11.4 Å². The number of nitrogens with zero attached hydrogens (tertiary/aromatic N) is 1. The average Bonchev–Trinajstić information content (AvgIpc) is 3.38. The molecule has 1 amide bonds. The molecular formula is C23H27N3O2. The number of rotatable bonds is 5. The van der Waals surface area contributed by atoms with E-state index >= 15 is 0 Å². The summed E-state index contributed by atoms with van der Waals surface area (Å²) in [5.41, 5.74) is 2.44. The number of hydrogen-bond donors (Lipinski definition) is 2. The van der Waals surface area contributed by atoms with Crippen molar-refractivity contribution in [2.75, 3.05) is 10.6 Å². The lowest BCUT2D eigenvalue weighted by atomic mass is 9.53. The quantitative estimate of drug-likeness (QED) is 0.753. The molecule has 28 heavy (non-hydrogen) atoms. The van der Waals surface area contributed by atoms with Crippen LogP contribution in [0.4, 0.5) is 11.4 Å². The van der Waals surface area contributed by atoms with Crippen LogP contribution in [0.3, 0.4) is 0 Å². The van der Waals surface area contributed by atoms with E-state index in [1.807, 2.05) is 18.2 Å². The number of anilines is 2. The first-order valence-corrected chi connectivity index (χ1v) is 10.8. The van der Waals surface area contributed by atoms with Gasteiger partial charge in [-0.05, 0) is 81.3 Å². The molecule has 0 saturated heterocycles.